The normalized spacial score (nSPS) is 16.2. The Balaban J connectivity index is 1.71. The van der Waals surface area contributed by atoms with E-state index in [2.05, 4.69) is 15.5 Å². The maximum Gasteiger partial charge on any atom is 0.311 e. The number of carbonyl (C=O) groups is 2. The van der Waals surface area contributed by atoms with E-state index < -0.39 is 11.4 Å². The fourth-order valence-corrected chi connectivity index (χ4v) is 2.05. The molecule has 1 aliphatic carbocycles. The largest absolute Gasteiger partial charge is 0.481 e. The third kappa shape index (κ3) is 2.05. The quantitative estimate of drug-likeness (QED) is 0.767. The fraction of sp³-hybridized carbons (Fsp3) is 0.308. The number of aromatic nitrogens is 2. The minimum absolute atomic E-state index is 0.185. The standard InChI is InChI=1S/C13H13N3O3/c17-11(14-7-13(3-4-13)12(18)19)8-1-2-10-9(5-8)6-15-16-10/h1-2,5-6H,3-4,7H2,(H,14,17)(H,15,16)(H,18,19). The SMILES string of the molecule is O=C(NCC1(C(=O)O)CC1)c1ccc2[nH]ncc2c1. The Bertz CT molecular complexity index is 658. The lowest BCUT2D eigenvalue weighted by molar-refractivity contribution is -0.143. The van der Waals surface area contributed by atoms with Crippen LogP contribution in [0.25, 0.3) is 10.9 Å². The molecule has 19 heavy (non-hydrogen) atoms. The summed E-state index contributed by atoms with van der Waals surface area (Å²) < 4.78 is 0. The number of carboxylic acids is 1. The van der Waals surface area contributed by atoms with Gasteiger partial charge in [-0.1, -0.05) is 0 Å². The first kappa shape index (κ1) is 11.7. The van der Waals surface area contributed by atoms with Crippen molar-refractivity contribution in [3.05, 3.63) is 30.0 Å². The van der Waals surface area contributed by atoms with Gasteiger partial charge in [0.1, 0.15) is 0 Å². The number of benzene rings is 1. The first-order chi connectivity index (χ1) is 9.11. The monoisotopic (exact) mass is 259 g/mol. The Labute approximate surface area is 108 Å². The van der Waals surface area contributed by atoms with Gasteiger partial charge in [-0.3, -0.25) is 14.7 Å². The molecule has 6 heteroatoms. The zero-order chi connectivity index (χ0) is 13.5. The number of aromatic amines is 1. The average Bonchev–Trinajstić information content (AvgIpc) is 3.06. The van der Waals surface area contributed by atoms with Crippen LogP contribution in [-0.2, 0) is 4.79 Å². The van der Waals surface area contributed by atoms with Crippen molar-refractivity contribution in [2.24, 2.45) is 5.41 Å². The first-order valence-corrected chi connectivity index (χ1v) is 6.05. The van der Waals surface area contributed by atoms with Gasteiger partial charge in [0, 0.05) is 17.5 Å². The number of amides is 1. The van der Waals surface area contributed by atoms with Crippen molar-refractivity contribution in [3.63, 3.8) is 0 Å². The molecule has 1 fully saturated rings. The van der Waals surface area contributed by atoms with Crippen LogP contribution in [0.15, 0.2) is 24.4 Å². The molecule has 0 spiro atoms. The van der Waals surface area contributed by atoms with Crippen LogP contribution in [0.3, 0.4) is 0 Å². The molecule has 0 saturated heterocycles. The molecule has 0 unspecified atom stereocenters. The van der Waals surface area contributed by atoms with Crippen molar-refractivity contribution in [2.45, 2.75) is 12.8 Å². The highest BCUT2D eigenvalue weighted by atomic mass is 16.4. The van der Waals surface area contributed by atoms with Crippen LogP contribution in [0.4, 0.5) is 0 Å². The smallest absolute Gasteiger partial charge is 0.311 e. The van der Waals surface area contributed by atoms with Crippen LogP contribution >= 0.6 is 0 Å². The average molecular weight is 259 g/mol. The third-order valence-electron chi connectivity index (χ3n) is 3.60. The Kier molecular flexibility index (Phi) is 2.51. The Hall–Kier alpha value is -2.37. The van der Waals surface area contributed by atoms with E-state index in [0.717, 1.165) is 10.9 Å². The van der Waals surface area contributed by atoms with Gasteiger partial charge in [-0.2, -0.15) is 5.10 Å². The van der Waals surface area contributed by atoms with Gasteiger partial charge in [-0.25, -0.2) is 0 Å². The van der Waals surface area contributed by atoms with Gasteiger partial charge < -0.3 is 10.4 Å². The molecule has 1 amide bonds. The number of nitrogens with one attached hydrogen (secondary N) is 2. The van der Waals surface area contributed by atoms with Gasteiger partial charge in [0.15, 0.2) is 0 Å². The van der Waals surface area contributed by atoms with E-state index in [1.54, 1.807) is 24.4 Å². The van der Waals surface area contributed by atoms with Crippen LogP contribution in [0.2, 0.25) is 0 Å². The number of carbonyl (C=O) groups excluding carboxylic acids is 1. The van der Waals surface area contributed by atoms with Crippen LogP contribution < -0.4 is 5.32 Å². The highest BCUT2D eigenvalue weighted by molar-refractivity contribution is 5.98. The molecule has 0 aliphatic heterocycles. The number of aliphatic carboxylic acids is 1. The summed E-state index contributed by atoms with van der Waals surface area (Å²) in [5, 5.41) is 19.3. The molecule has 3 rings (SSSR count). The van der Waals surface area contributed by atoms with Crippen molar-refractivity contribution in [2.75, 3.05) is 6.54 Å². The molecular formula is C13H13N3O3. The molecule has 0 bridgehead atoms. The van der Waals surface area contributed by atoms with Crippen molar-refractivity contribution in [1.82, 2.24) is 15.5 Å². The van der Waals surface area contributed by atoms with Crippen LogP contribution in [0.1, 0.15) is 23.2 Å². The predicted molar refractivity (Wildman–Crippen MR) is 67.7 cm³/mol. The summed E-state index contributed by atoms with van der Waals surface area (Å²) in [7, 11) is 0. The lowest BCUT2D eigenvalue weighted by atomic mass is 10.1. The van der Waals surface area contributed by atoms with E-state index in [1.165, 1.54) is 0 Å². The number of hydrogen-bond donors (Lipinski definition) is 3. The molecule has 98 valence electrons. The zero-order valence-electron chi connectivity index (χ0n) is 10.1. The molecule has 0 radical (unpaired) electrons. The fourth-order valence-electron chi connectivity index (χ4n) is 2.05. The van der Waals surface area contributed by atoms with Gasteiger partial charge in [0.05, 0.1) is 17.1 Å². The number of carboxylic acid groups (broad SMARTS) is 1. The summed E-state index contributed by atoms with van der Waals surface area (Å²) >= 11 is 0. The Morgan fingerprint density at radius 1 is 1.42 bits per heavy atom. The van der Waals surface area contributed by atoms with Gasteiger partial charge in [0.2, 0.25) is 0 Å². The van der Waals surface area contributed by atoms with Crippen LogP contribution in [0.5, 0.6) is 0 Å². The van der Waals surface area contributed by atoms with E-state index in [1.807, 2.05) is 0 Å². The Morgan fingerprint density at radius 3 is 2.89 bits per heavy atom. The summed E-state index contributed by atoms with van der Waals surface area (Å²) in [6, 6.07) is 5.20. The van der Waals surface area contributed by atoms with Crippen molar-refractivity contribution in [3.8, 4) is 0 Å². The summed E-state index contributed by atoms with van der Waals surface area (Å²) in [4.78, 5) is 23.0. The second kappa shape index (κ2) is 4.08. The van der Waals surface area contributed by atoms with Gasteiger partial charge >= 0.3 is 5.97 Å². The third-order valence-corrected chi connectivity index (χ3v) is 3.60. The second-order valence-corrected chi connectivity index (χ2v) is 4.94. The molecule has 1 aromatic heterocycles. The van der Waals surface area contributed by atoms with E-state index in [0.29, 0.717) is 18.4 Å². The highest BCUT2D eigenvalue weighted by Crippen LogP contribution is 2.45. The number of nitrogens with zero attached hydrogens (tertiary/aromatic N) is 1. The number of fused-ring (bicyclic) bond motifs is 1. The number of H-pyrrole nitrogens is 1. The lowest BCUT2D eigenvalue weighted by Gasteiger charge is -2.11. The molecule has 2 aromatic rings. The summed E-state index contributed by atoms with van der Waals surface area (Å²) in [6.07, 6.45) is 2.90. The molecule has 6 nitrogen and oxygen atoms in total. The number of rotatable bonds is 4. The van der Waals surface area contributed by atoms with Crippen LogP contribution in [-0.4, -0.2) is 33.7 Å². The topological polar surface area (TPSA) is 95.1 Å². The summed E-state index contributed by atoms with van der Waals surface area (Å²) in [6.45, 7) is 0.185. The summed E-state index contributed by atoms with van der Waals surface area (Å²) in [5.74, 6) is -1.09. The van der Waals surface area contributed by atoms with E-state index in [9.17, 15) is 9.59 Å². The summed E-state index contributed by atoms with van der Waals surface area (Å²) in [5.41, 5.74) is 0.630. The van der Waals surface area contributed by atoms with Crippen molar-refractivity contribution < 1.29 is 14.7 Å². The molecule has 1 saturated carbocycles. The molecule has 1 aliphatic rings. The van der Waals surface area contributed by atoms with Crippen LogP contribution in [0, 0.1) is 5.41 Å². The minimum Gasteiger partial charge on any atom is -0.481 e. The van der Waals surface area contributed by atoms with Gasteiger partial charge in [0.25, 0.3) is 5.91 Å². The molecule has 1 heterocycles. The highest BCUT2D eigenvalue weighted by Gasteiger charge is 2.50. The molecule has 3 N–H and O–H groups in total. The number of hydrogen-bond acceptors (Lipinski definition) is 3. The van der Waals surface area contributed by atoms with E-state index >= 15 is 0 Å². The lowest BCUT2D eigenvalue weighted by Crippen LogP contribution is -2.34. The van der Waals surface area contributed by atoms with E-state index in [-0.39, 0.29) is 12.5 Å². The predicted octanol–water partition coefficient (Wildman–Crippen LogP) is 1.16. The Morgan fingerprint density at radius 2 is 2.21 bits per heavy atom. The maximum atomic E-state index is 12.0. The van der Waals surface area contributed by atoms with Crippen molar-refractivity contribution in [1.29, 1.82) is 0 Å². The molecular weight excluding hydrogens is 246 g/mol. The molecule has 0 atom stereocenters. The van der Waals surface area contributed by atoms with Gasteiger partial charge in [-0.15, -0.1) is 0 Å². The maximum absolute atomic E-state index is 12.0. The van der Waals surface area contributed by atoms with Crippen molar-refractivity contribution >= 4 is 22.8 Å². The second-order valence-electron chi connectivity index (χ2n) is 4.94. The van der Waals surface area contributed by atoms with E-state index in [4.69, 9.17) is 5.11 Å². The minimum atomic E-state index is -0.835. The van der Waals surface area contributed by atoms with Gasteiger partial charge in [-0.05, 0) is 31.0 Å². The first-order valence-electron chi connectivity index (χ1n) is 6.05. The molecule has 1 aromatic carbocycles. The zero-order valence-corrected chi connectivity index (χ0v) is 10.1.